The predicted molar refractivity (Wildman–Crippen MR) is 66.5 cm³/mol. The molecule has 0 aromatic heterocycles. The van der Waals surface area contributed by atoms with Crippen molar-refractivity contribution in [1.82, 2.24) is 4.90 Å². The first-order chi connectivity index (χ1) is 9.15. The molecule has 0 aliphatic carbocycles. The molecule has 2 rings (SSSR count). The highest BCUT2D eigenvalue weighted by atomic mass is 16.6. The molecule has 0 aromatic rings. The fourth-order valence-electron chi connectivity index (χ4n) is 2.92. The predicted octanol–water partition coefficient (Wildman–Crippen LogP) is 0.234. The Morgan fingerprint density at radius 2 is 2.05 bits per heavy atom. The summed E-state index contributed by atoms with van der Waals surface area (Å²) in [5.74, 6) is -3.65. The van der Waals surface area contributed by atoms with E-state index in [9.17, 15) is 14.4 Å². The zero-order chi connectivity index (χ0) is 15.3. The average molecular weight is 285 g/mol. The maximum atomic E-state index is 12.4. The Morgan fingerprint density at radius 3 is 2.50 bits per heavy atom. The molecular weight excluding hydrogens is 266 g/mol. The van der Waals surface area contributed by atoms with Crippen molar-refractivity contribution >= 4 is 17.8 Å². The third-order valence-corrected chi connectivity index (χ3v) is 3.86. The van der Waals surface area contributed by atoms with Crippen molar-refractivity contribution in [2.75, 3.05) is 13.7 Å². The van der Waals surface area contributed by atoms with Crippen LogP contribution < -0.4 is 0 Å². The Bertz CT molecular complexity index is 468. The summed E-state index contributed by atoms with van der Waals surface area (Å²) in [5, 5.41) is 9.16. The molecule has 20 heavy (non-hydrogen) atoms. The highest BCUT2D eigenvalue weighted by molar-refractivity contribution is 6.04. The molecule has 1 amide bonds. The lowest BCUT2D eigenvalue weighted by molar-refractivity contribution is -0.159. The second kappa shape index (κ2) is 4.44. The van der Waals surface area contributed by atoms with Crippen molar-refractivity contribution in [2.24, 2.45) is 11.3 Å². The lowest BCUT2D eigenvalue weighted by Crippen LogP contribution is -2.54. The number of esters is 1. The minimum absolute atomic E-state index is 0.0306. The van der Waals surface area contributed by atoms with E-state index in [0.29, 0.717) is 0 Å². The van der Waals surface area contributed by atoms with E-state index in [1.54, 1.807) is 0 Å². The van der Waals surface area contributed by atoms with E-state index in [0.717, 1.165) is 0 Å². The van der Waals surface area contributed by atoms with Crippen molar-refractivity contribution in [3.05, 3.63) is 0 Å². The van der Waals surface area contributed by atoms with Crippen LogP contribution in [0.15, 0.2) is 0 Å². The molecule has 2 heterocycles. The smallest absolute Gasteiger partial charge is 0.334 e. The molecule has 0 radical (unpaired) electrons. The van der Waals surface area contributed by atoms with E-state index >= 15 is 0 Å². The van der Waals surface area contributed by atoms with Gasteiger partial charge in [0, 0.05) is 11.8 Å². The number of carbonyl (C=O) groups is 3. The molecule has 2 aliphatic rings. The van der Waals surface area contributed by atoms with Gasteiger partial charge in [-0.15, -0.1) is 0 Å². The number of rotatable bonds is 2. The van der Waals surface area contributed by atoms with Crippen molar-refractivity contribution in [1.29, 1.82) is 0 Å². The second-order valence-electron chi connectivity index (χ2n) is 6.36. The quantitative estimate of drug-likeness (QED) is 0.577. The van der Waals surface area contributed by atoms with Gasteiger partial charge in [0.05, 0.1) is 13.7 Å². The van der Waals surface area contributed by atoms with Crippen molar-refractivity contribution in [3.63, 3.8) is 0 Å². The molecule has 0 spiro atoms. The van der Waals surface area contributed by atoms with Crippen LogP contribution >= 0.6 is 0 Å². The molecule has 2 fully saturated rings. The summed E-state index contributed by atoms with van der Waals surface area (Å²) in [6.07, 6.45) is -0.751. The lowest BCUT2D eigenvalue weighted by atomic mass is 9.91. The number of carboxylic acids is 1. The van der Waals surface area contributed by atoms with Crippen LogP contribution in [0.25, 0.3) is 0 Å². The van der Waals surface area contributed by atoms with Crippen LogP contribution in [0.2, 0.25) is 0 Å². The fraction of sp³-hybridized carbons (Fsp3) is 0.769. The standard InChI is InChI=1S/C13H19NO6/c1-12(2,3)10-14-8(15)7(9(16)17)5-13(14,6-20-10)11(18)19-4/h7,10H,5-6H2,1-4H3,(H,16,17)/t7?,10-,13+/m0/s1. The second-order valence-corrected chi connectivity index (χ2v) is 6.36. The summed E-state index contributed by atoms with van der Waals surface area (Å²) >= 11 is 0. The Labute approximate surface area is 116 Å². The molecule has 0 aromatic carbocycles. The first-order valence-corrected chi connectivity index (χ1v) is 6.41. The number of methoxy groups -OCH3 is 1. The lowest BCUT2D eigenvalue weighted by Gasteiger charge is -2.36. The molecule has 2 saturated heterocycles. The third kappa shape index (κ3) is 1.88. The number of carboxylic acid groups (broad SMARTS) is 1. The van der Waals surface area contributed by atoms with Gasteiger partial charge in [0.1, 0.15) is 12.1 Å². The summed E-state index contributed by atoms with van der Waals surface area (Å²) in [6, 6.07) is 0. The molecule has 1 N–H and O–H groups in total. The van der Waals surface area contributed by atoms with Crippen LogP contribution in [0.4, 0.5) is 0 Å². The summed E-state index contributed by atoms with van der Waals surface area (Å²) in [4.78, 5) is 37.0. The Kier molecular flexibility index (Phi) is 3.28. The van der Waals surface area contributed by atoms with E-state index in [2.05, 4.69) is 0 Å². The van der Waals surface area contributed by atoms with Gasteiger partial charge >= 0.3 is 11.9 Å². The van der Waals surface area contributed by atoms with Crippen molar-refractivity contribution in [3.8, 4) is 0 Å². The van der Waals surface area contributed by atoms with E-state index in [-0.39, 0.29) is 13.0 Å². The van der Waals surface area contributed by atoms with Gasteiger partial charge in [-0.25, -0.2) is 4.79 Å². The van der Waals surface area contributed by atoms with E-state index < -0.39 is 40.9 Å². The molecule has 0 bridgehead atoms. The summed E-state index contributed by atoms with van der Waals surface area (Å²) in [7, 11) is 1.22. The summed E-state index contributed by atoms with van der Waals surface area (Å²) < 4.78 is 10.4. The number of aliphatic carboxylic acids is 1. The Balaban J connectivity index is 2.47. The zero-order valence-corrected chi connectivity index (χ0v) is 12.0. The van der Waals surface area contributed by atoms with Crippen molar-refractivity contribution < 1.29 is 29.0 Å². The van der Waals surface area contributed by atoms with Gasteiger partial charge in [0.2, 0.25) is 5.91 Å². The molecule has 1 unspecified atom stereocenters. The summed E-state index contributed by atoms with van der Waals surface area (Å²) in [5.41, 5.74) is -1.74. The number of nitrogens with zero attached hydrogens (tertiary/aromatic N) is 1. The van der Waals surface area contributed by atoms with Gasteiger partial charge in [-0.05, 0) is 0 Å². The average Bonchev–Trinajstić information content (AvgIpc) is 2.85. The van der Waals surface area contributed by atoms with Gasteiger partial charge < -0.3 is 14.6 Å². The van der Waals surface area contributed by atoms with Crippen molar-refractivity contribution in [2.45, 2.75) is 39.0 Å². The highest BCUT2D eigenvalue weighted by Crippen LogP contribution is 2.46. The molecule has 7 heteroatoms. The van der Waals surface area contributed by atoms with Gasteiger partial charge in [-0.2, -0.15) is 0 Å². The maximum Gasteiger partial charge on any atom is 0.334 e. The van der Waals surface area contributed by atoms with Gasteiger partial charge in [0.25, 0.3) is 0 Å². The maximum absolute atomic E-state index is 12.4. The van der Waals surface area contributed by atoms with Crippen LogP contribution in [0.5, 0.6) is 0 Å². The molecule has 0 saturated carbocycles. The summed E-state index contributed by atoms with van der Waals surface area (Å²) in [6.45, 7) is 5.57. The third-order valence-electron chi connectivity index (χ3n) is 3.86. The SMILES string of the molecule is COC(=O)[C@@]12CO[C@@H](C(C)(C)C)N1C(=O)C(C(=O)O)C2. The monoisotopic (exact) mass is 285 g/mol. The number of fused-ring (bicyclic) bond motifs is 1. The normalized spacial score (nSPS) is 33.2. The van der Waals surface area contributed by atoms with E-state index in [1.807, 2.05) is 20.8 Å². The van der Waals surface area contributed by atoms with E-state index in [4.69, 9.17) is 14.6 Å². The first kappa shape index (κ1) is 14.8. The minimum Gasteiger partial charge on any atom is -0.481 e. The first-order valence-electron chi connectivity index (χ1n) is 6.41. The van der Waals surface area contributed by atoms with Gasteiger partial charge in [0.15, 0.2) is 5.54 Å². The zero-order valence-electron chi connectivity index (χ0n) is 12.0. The van der Waals surface area contributed by atoms with E-state index in [1.165, 1.54) is 12.0 Å². The van der Waals surface area contributed by atoms with Crippen LogP contribution in [0, 0.1) is 11.3 Å². The number of amides is 1. The number of ether oxygens (including phenoxy) is 2. The molecule has 112 valence electrons. The number of carbonyl (C=O) groups excluding carboxylic acids is 2. The largest absolute Gasteiger partial charge is 0.481 e. The molecule has 7 nitrogen and oxygen atoms in total. The Hall–Kier alpha value is -1.63. The minimum atomic E-state index is -1.31. The molecular formula is C13H19NO6. The fourth-order valence-corrected chi connectivity index (χ4v) is 2.92. The van der Waals surface area contributed by atoms with Gasteiger partial charge in [-0.1, -0.05) is 20.8 Å². The number of hydrogen-bond donors (Lipinski definition) is 1. The molecule has 2 aliphatic heterocycles. The molecule has 3 atom stereocenters. The van der Waals surface area contributed by atoms with Crippen LogP contribution in [0.3, 0.4) is 0 Å². The van der Waals surface area contributed by atoms with Gasteiger partial charge in [-0.3, -0.25) is 14.5 Å². The van der Waals surface area contributed by atoms with Crippen LogP contribution in [-0.2, 0) is 23.9 Å². The topological polar surface area (TPSA) is 93.1 Å². The highest BCUT2D eigenvalue weighted by Gasteiger charge is 2.66. The van der Waals surface area contributed by atoms with Crippen LogP contribution in [0.1, 0.15) is 27.2 Å². The number of hydrogen-bond acceptors (Lipinski definition) is 5. The Morgan fingerprint density at radius 1 is 1.45 bits per heavy atom. The van der Waals surface area contributed by atoms with Crippen LogP contribution in [-0.4, -0.2) is 53.3 Å².